The van der Waals surface area contributed by atoms with Gasteiger partial charge < -0.3 is 9.64 Å². The fourth-order valence-electron chi connectivity index (χ4n) is 2.33. The van der Waals surface area contributed by atoms with E-state index >= 15 is 0 Å². The molecule has 1 aliphatic rings. The first kappa shape index (κ1) is 13.3. The number of ether oxygens (including phenoxy) is 1. The van der Waals surface area contributed by atoms with E-state index in [2.05, 4.69) is 0 Å². The van der Waals surface area contributed by atoms with Crippen molar-refractivity contribution in [1.82, 2.24) is 0 Å². The van der Waals surface area contributed by atoms with E-state index < -0.39 is 11.7 Å². The Kier molecular flexibility index (Phi) is 3.17. The zero-order valence-electron chi connectivity index (χ0n) is 11.3. The summed E-state index contributed by atoms with van der Waals surface area (Å²) in [6, 6.07) is 10.7. The molecule has 0 saturated heterocycles. The minimum absolute atomic E-state index is 0.213. The summed E-state index contributed by atoms with van der Waals surface area (Å²) in [5, 5.41) is 0. The summed E-state index contributed by atoms with van der Waals surface area (Å²) in [5.41, 5.74) is 1.63. The first-order valence-corrected chi connectivity index (χ1v) is 6.39. The quantitative estimate of drug-likeness (QED) is 0.814. The van der Waals surface area contributed by atoms with Crippen LogP contribution in [0.1, 0.15) is 15.9 Å². The van der Waals surface area contributed by atoms with Gasteiger partial charge in [-0.05, 0) is 29.8 Å². The van der Waals surface area contributed by atoms with Gasteiger partial charge in [-0.2, -0.15) is 0 Å². The predicted octanol–water partition coefficient (Wildman–Crippen LogP) is 2.56. The Balaban J connectivity index is 1.98. The van der Waals surface area contributed by atoms with Gasteiger partial charge >= 0.3 is 0 Å². The summed E-state index contributed by atoms with van der Waals surface area (Å²) in [7, 11) is 1.52. The number of Topliss-reactive ketones (excluding diaryl/α,β-unsaturated/α-hetero) is 1. The van der Waals surface area contributed by atoms with Gasteiger partial charge in [-0.1, -0.05) is 12.1 Å². The number of amides is 1. The number of benzene rings is 2. The number of rotatable bonds is 3. The van der Waals surface area contributed by atoms with E-state index in [4.69, 9.17) is 4.74 Å². The molecule has 0 spiro atoms. The van der Waals surface area contributed by atoms with Gasteiger partial charge in [-0.25, -0.2) is 4.39 Å². The monoisotopic (exact) mass is 285 g/mol. The zero-order chi connectivity index (χ0) is 15.0. The molecule has 0 unspecified atom stereocenters. The fraction of sp³-hybridized carbons (Fsp3) is 0.125. The lowest BCUT2D eigenvalue weighted by atomic mass is 10.1. The Morgan fingerprint density at radius 3 is 2.48 bits per heavy atom. The molecule has 2 aromatic rings. The van der Waals surface area contributed by atoms with Gasteiger partial charge in [0.25, 0.3) is 11.7 Å². The number of hydrogen-bond acceptors (Lipinski definition) is 3. The summed E-state index contributed by atoms with van der Waals surface area (Å²) < 4.78 is 18.1. The number of methoxy groups -OCH3 is 1. The van der Waals surface area contributed by atoms with Gasteiger partial charge in [0, 0.05) is 6.07 Å². The predicted molar refractivity (Wildman–Crippen MR) is 74.9 cm³/mol. The van der Waals surface area contributed by atoms with E-state index in [1.54, 1.807) is 30.3 Å². The van der Waals surface area contributed by atoms with Crippen molar-refractivity contribution in [2.24, 2.45) is 0 Å². The molecule has 0 saturated carbocycles. The van der Waals surface area contributed by atoms with Crippen LogP contribution in [0.4, 0.5) is 10.1 Å². The van der Waals surface area contributed by atoms with Crippen molar-refractivity contribution >= 4 is 17.4 Å². The van der Waals surface area contributed by atoms with Crippen molar-refractivity contribution in [1.29, 1.82) is 0 Å². The van der Waals surface area contributed by atoms with Crippen LogP contribution in [0.2, 0.25) is 0 Å². The second-order valence-electron chi connectivity index (χ2n) is 4.73. The third-order valence-corrected chi connectivity index (χ3v) is 3.43. The fourth-order valence-corrected chi connectivity index (χ4v) is 2.33. The Hall–Kier alpha value is -2.69. The molecule has 106 valence electrons. The first-order chi connectivity index (χ1) is 10.1. The maximum absolute atomic E-state index is 12.9. The molecule has 0 fully saturated rings. The molecule has 3 rings (SSSR count). The van der Waals surface area contributed by atoms with Crippen molar-refractivity contribution in [3.63, 3.8) is 0 Å². The minimum Gasteiger partial charge on any atom is -0.497 e. The van der Waals surface area contributed by atoms with E-state index in [1.807, 2.05) is 0 Å². The second kappa shape index (κ2) is 5.01. The Bertz CT molecular complexity index is 725. The van der Waals surface area contributed by atoms with Crippen molar-refractivity contribution in [3.8, 4) is 5.75 Å². The molecule has 1 amide bonds. The van der Waals surface area contributed by atoms with Gasteiger partial charge in [0.2, 0.25) is 0 Å². The molecule has 1 aliphatic heterocycles. The Morgan fingerprint density at radius 1 is 1.10 bits per heavy atom. The minimum atomic E-state index is -0.581. The average Bonchev–Trinajstić information content (AvgIpc) is 2.74. The molecule has 0 aromatic heterocycles. The number of carbonyl (C=O) groups is 2. The van der Waals surface area contributed by atoms with Crippen LogP contribution in [-0.4, -0.2) is 18.8 Å². The highest BCUT2D eigenvalue weighted by Gasteiger charge is 2.35. The van der Waals surface area contributed by atoms with Crippen LogP contribution in [0.3, 0.4) is 0 Å². The normalized spacial score (nSPS) is 13.5. The van der Waals surface area contributed by atoms with Gasteiger partial charge in [-0.15, -0.1) is 0 Å². The van der Waals surface area contributed by atoms with Crippen LogP contribution < -0.4 is 9.64 Å². The maximum atomic E-state index is 12.9. The lowest BCUT2D eigenvalue weighted by Crippen LogP contribution is -2.29. The molecule has 1 heterocycles. The Labute approximate surface area is 120 Å². The molecule has 0 N–H and O–H groups in total. The van der Waals surface area contributed by atoms with Gasteiger partial charge in [0.05, 0.1) is 24.9 Å². The van der Waals surface area contributed by atoms with Crippen LogP contribution in [-0.2, 0) is 11.3 Å². The van der Waals surface area contributed by atoms with Crippen molar-refractivity contribution in [3.05, 3.63) is 59.4 Å². The summed E-state index contributed by atoms with van der Waals surface area (Å²) >= 11 is 0. The standard InChI is InChI=1S/C16H12FNO3/c1-21-12-6-7-13-14(8-12)18(16(20)15(13)19)9-10-2-4-11(17)5-3-10/h2-8H,9H2,1H3. The number of nitrogens with zero attached hydrogens (tertiary/aromatic N) is 1. The van der Waals surface area contributed by atoms with E-state index in [0.29, 0.717) is 17.0 Å². The lowest BCUT2D eigenvalue weighted by molar-refractivity contribution is -0.114. The highest BCUT2D eigenvalue weighted by atomic mass is 19.1. The zero-order valence-corrected chi connectivity index (χ0v) is 11.3. The molecule has 0 aliphatic carbocycles. The molecule has 4 nitrogen and oxygen atoms in total. The van der Waals surface area contributed by atoms with Gasteiger partial charge in [-0.3, -0.25) is 9.59 Å². The molecule has 0 bridgehead atoms. The van der Waals surface area contributed by atoms with Crippen molar-refractivity contribution < 1.29 is 18.7 Å². The lowest BCUT2D eigenvalue weighted by Gasteiger charge is -2.17. The van der Waals surface area contributed by atoms with Gasteiger partial charge in [0.1, 0.15) is 11.6 Å². The topological polar surface area (TPSA) is 46.6 Å². The summed E-state index contributed by atoms with van der Waals surface area (Å²) in [4.78, 5) is 25.4. The average molecular weight is 285 g/mol. The van der Waals surface area contributed by atoms with Crippen LogP contribution in [0.25, 0.3) is 0 Å². The second-order valence-corrected chi connectivity index (χ2v) is 4.73. The number of carbonyl (C=O) groups excluding carboxylic acids is 2. The van der Waals surface area contributed by atoms with Crippen LogP contribution in [0, 0.1) is 5.82 Å². The summed E-state index contributed by atoms with van der Waals surface area (Å²) in [6.45, 7) is 0.213. The molecular formula is C16H12FNO3. The summed E-state index contributed by atoms with van der Waals surface area (Å²) in [5.74, 6) is -0.887. The SMILES string of the molecule is COc1ccc2c(c1)N(Cc1ccc(F)cc1)C(=O)C2=O. The highest BCUT2D eigenvalue weighted by molar-refractivity contribution is 6.52. The number of halogens is 1. The van der Waals surface area contributed by atoms with Crippen LogP contribution in [0.15, 0.2) is 42.5 Å². The number of anilines is 1. The molecule has 5 heteroatoms. The van der Waals surface area contributed by atoms with E-state index in [1.165, 1.54) is 24.1 Å². The van der Waals surface area contributed by atoms with E-state index in [-0.39, 0.29) is 12.4 Å². The number of ketones is 1. The molecule has 21 heavy (non-hydrogen) atoms. The molecular weight excluding hydrogens is 273 g/mol. The maximum Gasteiger partial charge on any atom is 0.299 e. The number of fused-ring (bicyclic) bond motifs is 1. The third-order valence-electron chi connectivity index (χ3n) is 3.43. The van der Waals surface area contributed by atoms with Crippen LogP contribution >= 0.6 is 0 Å². The molecule has 0 radical (unpaired) electrons. The van der Waals surface area contributed by atoms with E-state index in [0.717, 1.165) is 5.56 Å². The molecule has 0 atom stereocenters. The van der Waals surface area contributed by atoms with Gasteiger partial charge in [0.15, 0.2) is 0 Å². The highest BCUT2D eigenvalue weighted by Crippen LogP contribution is 2.33. The van der Waals surface area contributed by atoms with Crippen LogP contribution in [0.5, 0.6) is 5.75 Å². The largest absolute Gasteiger partial charge is 0.497 e. The molecule has 2 aromatic carbocycles. The third kappa shape index (κ3) is 2.27. The van der Waals surface area contributed by atoms with Crippen molar-refractivity contribution in [2.75, 3.05) is 12.0 Å². The summed E-state index contributed by atoms with van der Waals surface area (Å²) in [6.07, 6.45) is 0. The smallest absolute Gasteiger partial charge is 0.299 e. The van der Waals surface area contributed by atoms with Crippen molar-refractivity contribution in [2.45, 2.75) is 6.54 Å². The number of hydrogen-bond donors (Lipinski definition) is 0. The van der Waals surface area contributed by atoms with E-state index in [9.17, 15) is 14.0 Å². The Morgan fingerprint density at radius 2 is 1.81 bits per heavy atom. The first-order valence-electron chi connectivity index (χ1n) is 6.39.